The lowest BCUT2D eigenvalue weighted by atomic mass is 10.1. The minimum absolute atomic E-state index is 0.185. The molecular formula is C12H10N2O3. The molecule has 0 aliphatic rings. The molecule has 5 heteroatoms. The van der Waals surface area contributed by atoms with Crippen LogP contribution in [-0.2, 0) is 11.2 Å². The molecule has 86 valence electrons. The predicted molar refractivity (Wildman–Crippen MR) is 60.5 cm³/mol. The number of aromatic hydroxyl groups is 1. The van der Waals surface area contributed by atoms with Crippen molar-refractivity contribution in [3.63, 3.8) is 0 Å². The van der Waals surface area contributed by atoms with Crippen LogP contribution in [0.4, 0.5) is 0 Å². The second-order valence-electron chi connectivity index (χ2n) is 3.51. The van der Waals surface area contributed by atoms with Crippen LogP contribution in [0.2, 0.25) is 0 Å². The lowest BCUT2D eigenvalue weighted by Gasteiger charge is -2.01. The highest BCUT2D eigenvalue weighted by Gasteiger charge is 2.04. The largest absolute Gasteiger partial charge is 0.508 e. The maximum absolute atomic E-state index is 10.5. The molecule has 0 saturated carbocycles. The highest BCUT2D eigenvalue weighted by molar-refractivity contribution is 5.69. The van der Waals surface area contributed by atoms with E-state index in [1.54, 1.807) is 36.7 Å². The summed E-state index contributed by atoms with van der Waals surface area (Å²) < 4.78 is 0. The lowest BCUT2D eigenvalue weighted by molar-refractivity contribution is -0.136. The summed E-state index contributed by atoms with van der Waals surface area (Å²) in [6.07, 6.45) is 2.95. The first kappa shape index (κ1) is 11.1. The minimum Gasteiger partial charge on any atom is -0.508 e. The van der Waals surface area contributed by atoms with Crippen LogP contribution in [0.25, 0.3) is 11.1 Å². The van der Waals surface area contributed by atoms with E-state index in [4.69, 9.17) is 10.2 Å². The molecule has 0 aliphatic carbocycles. The molecule has 0 aliphatic heterocycles. The van der Waals surface area contributed by atoms with Gasteiger partial charge in [0.25, 0.3) is 0 Å². The molecule has 0 saturated heterocycles. The van der Waals surface area contributed by atoms with Crippen LogP contribution in [0.15, 0.2) is 36.7 Å². The van der Waals surface area contributed by atoms with Crippen molar-refractivity contribution < 1.29 is 15.0 Å². The van der Waals surface area contributed by atoms with Gasteiger partial charge < -0.3 is 10.2 Å². The monoisotopic (exact) mass is 230 g/mol. The van der Waals surface area contributed by atoms with E-state index in [1.807, 2.05) is 0 Å². The van der Waals surface area contributed by atoms with Gasteiger partial charge in [-0.1, -0.05) is 12.1 Å². The molecule has 17 heavy (non-hydrogen) atoms. The van der Waals surface area contributed by atoms with E-state index < -0.39 is 5.97 Å². The van der Waals surface area contributed by atoms with Gasteiger partial charge in [0.1, 0.15) is 18.0 Å². The number of hydrogen-bond acceptors (Lipinski definition) is 4. The molecule has 0 amide bonds. The number of nitrogens with zero attached hydrogens (tertiary/aromatic N) is 2. The SMILES string of the molecule is O=C(O)Cc1ncc(-c2ccc(O)cc2)cn1. The van der Waals surface area contributed by atoms with Gasteiger partial charge in [0.2, 0.25) is 0 Å². The highest BCUT2D eigenvalue weighted by atomic mass is 16.4. The number of aromatic nitrogens is 2. The van der Waals surface area contributed by atoms with Crippen molar-refractivity contribution in [2.24, 2.45) is 0 Å². The van der Waals surface area contributed by atoms with E-state index >= 15 is 0 Å². The summed E-state index contributed by atoms with van der Waals surface area (Å²) in [5, 5.41) is 17.7. The van der Waals surface area contributed by atoms with Crippen LogP contribution in [0.3, 0.4) is 0 Å². The first-order valence-corrected chi connectivity index (χ1v) is 4.97. The third kappa shape index (κ3) is 2.78. The summed E-state index contributed by atoms with van der Waals surface area (Å²) in [4.78, 5) is 18.4. The fraction of sp³-hybridized carbons (Fsp3) is 0.0833. The number of phenols is 1. The van der Waals surface area contributed by atoms with Gasteiger partial charge in [-0.3, -0.25) is 4.79 Å². The van der Waals surface area contributed by atoms with Gasteiger partial charge >= 0.3 is 5.97 Å². The fourth-order valence-corrected chi connectivity index (χ4v) is 1.38. The van der Waals surface area contributed by atoms with Gasteiger partial charge in [0.15, 0.2) is 0 Å². The predicted octanol–water partition coefficient (Wildman–Crippen LogP) is 1.48. The third-order valence-electron chi connectivity index (χ3n) is 2.22. The number of aliphatic carboxylic acids is 1. The summed E-state index contributed by atoms with van der Waals surface area (Å²) in [6.45, 7) is 0. The van der Waals surface area contributed by atoms with Gasteiger partial charge in [0.05, 0.1) is 0 Å². The van der Waals surface area contributed by atoms with E-state index in [0.29, 0.717) is 0 Å². The number of carboxylic acid groups (broad SMARTS) is 1. The van der Waals surface area contributed by atoms with E-state index in [1.165, 1.54) is 0 Å². The van der Waals surface area contributed by atoms with Crippen LogP contribution in [-0.4, -0.2) is 26.2 Å². The average Bonchev–Trinajstić information content (AvgIpc) is 2.30. The molecule has 0 atom stereocenters. The molecule has 0 bridgehead atoms. The Morgan fingerprint density at radius 1 is 1.06 bits per heavy atom. The topological polar surface area (TPSA) is 83.3 Å². The molecular weight excluding hydrogens is 220 g/mol. The van der Waals surface area contributed by atoms with E-state index in [-0.39, 0.29) is 18.0 Å². The smallest absolute Gasteiger partial charge is 0.311 e. The summed E-state index contributed by atoms with van der Waals surface area (Å²) in [7, 11) is 0. The molecule has 5 nitrogen and oxygen atoms in total. The van der Waals surface area contributed by atoms with Gasteiger partial charge in [-0.2, -0.15) is 0 Å². The Kier molecular flexibility index (Phi) is 3.00. The summed E-state index contributed by atoms with van der Waals surface area (Å²) >= 11 is 0. The number of benzene rings is 1. The number of rotatable bonds is 3. The Balaban J connectivity index is 2.23. The van der Waals surface area contributed by atoms with Gasteiger partial charge in [-0.25, -0.2) is 9.97 Å². The maximum Gasteiger partial charge on any atom is 0.311 e. The summed E-state index contributed by atoms with van der Waals surface area (Å²) in [5.41, 5.74) is 1.64. The van der Waals surface area contributed by atoms with Crippen LogP contribution < -0.4 is 0 Å². The molecule has 2 N–H and O–H groups in total. The van der Waals surface area contributed by atoms with E-state index in [9.17, 15) is 4.79 Å². The van der Waals surface area contributed by atoms with Crippen LogP contribution >= 0.6 is 0 Å². The fourth-order valence-electron chi connectivity index (χ4n) is 1.38. The Bertz CT molecular complexity index is 520. The molecule has 0 spiro atoms. The first-order valence-electron chi connectivity index (χ1n) is 4.97. The number of phenolic OH excluding ortho intramolecular Hbond substituents is 1. The van der Waals surface area contributed by atoms with Crippen molar-refractivity contribution in [1.82, 2.24) is 9.97 Å². The number of carbonyl (C=O) groups is 1. The summed E-state index contributed by atoms with van der Waals surface area (Å²) in [6, 6.07) is 6.62. The molecule has 1 aromatic heterocycles. The average molecular weight is 230 g/mol. The van der Waals surface area contributed by atoms with Crippen molar-refractivity contribution in [2.45, 2.75) is 6.42 Å². The normalized spacial score (nSPS) is 10.1. The van der Waals surface area contributed by atoms with Crippen molar-refractivity contribution in [1.29, 1.82) is 0 Å². The Morgan fingerprint density at radius 2 is 1.65 bits per heavy atom. The molecule has 1 heterocycles. The standard InChI is InChI=1S/C12H10N2O3/c15-10-3-1-8(2-4-10)9-6-13-11(14-7-9)5-12(16)17/h1-4,6-7,15H,5H2,(H,16,17). The molecule has 2 aromatic rings. The van der Waals surface area contributed by atoms with Crippen molar-refractivity contribution in [2.75, 3.05) is 0 Å². The Morgan fingerprint density at radius 3 is 2.18 bits per heavy atom. The Hall–Kier alpha value is -2.43. The number of carboxylic acids is 1. The van der Waals surface area contributed by atoms with E-state index in [2.05, 4.69) is 9.97 Å². The summed E-state index contributed by atoms with van der Waals surface area (Å²) in [5.74, 6) is -0.487. The second kappa shape index (κ2) is 4.61. The number of hydrogen-bond donors (Lipinski definition) is 2. The minimum atomic E-state index is -0.956. The zero-order valence-electron chi connectivity index (χ0n) is 8.87. The van der Waals surface area contributed by atoms with Crippen LogP contribution in [0.5, 0.6) is 5.75 Å². The Labute approximate surface area is 97.4 Å². The van der Waals surface area contributed by atoms with E-state index in [0.717, 1.165) is 11.1 Å². The maximum atomic E-state index is 10.5. The van der Waals surface area contributed by atoms with Crippen molar-refractivity contribution in [3.8, 4) is 16.9 Å². The highest BCUT2D eigenvalue weighted by Crippen LogP contribution is 2.20. The zero-order valence-corrected chi connectivity index (χ0v) is 8.87. The van der Waals surface area contributed by atoms with Crippen LogP contribution in [0, 0.1) is 0 Å². The van der Waals surface area contributed by atoms with Crippen molar-refractivity contribution in [3.05, 3.63) is 42.5 Å². The van der Waals surface area contributed by atoms with Gasteiger partial charge in [0, 0.05) is 18.0 Å². The molecule has 0 fully saturated rings. The molecule has 0 unspecified atom stereocenters. The van der Waals surface area contributed by atoms with Gasteiger partial charge in [-0.05, 0) is 17.7 Å². The molecule has 2 rings (SSSR count). The van der Waals surface area contributed by atoms with Gasteiger partial charge in [-0.15, -0.1) is 0 Å². The molecule has 0 radical (unpaired) electrons. The second-order valence-corrected chi connectivity index (χ2v) is 3.51. The zero-order chi connectivity index (χ0) is 12.3. The van der Waals surface area contributed by atoms with Crippen molar-refractivity contribution >= 4 is 5.97 Å². The lowest BCUT2D eigenvalue weighted by Crippen LogP contribution is -2.04. The van der Waals surface area contributed by atoms with Crippen LogP contribution in [0.1, 0.15) is 5.82 Å². The first-order chi connectivity index (χ1) is 8.15. The third-order valence-corrected chi connectivity index (χ3v) is 2.22. The quantitative estimate of drug-likeness (QED) is 0.834. The molecule has 1 aromatic carbocycles.